The fourth-order valence-corrected chi connectivity index (χ4v) is 4.81. The van der Waals surface area contributed by atoms with E-state index < -0.39 is 4.92 Å². The molecule has 33 heavy (non-hydrogen) atoms. The van der Waals surface area contributed by atoms with Crippen LogP contribution in [0.1, 0.15) is 19.3 Å². The number of benzene rings is 2. The van der Waals surface area contributed by atoms with Crippen molar-refractivity contribution in [1.29, 1.82) is 0 Å². The molecule has 1 aliphatic rings. The normalized spacial score (nSPS) is 14.2. The van der Waals surface area contributed by atoms with Crippen molar-refractivity contribution in [3.63, 3.8) is 0 Å². The summed E-state index contributed by atoms with van der Waals surface area (Å²) >= 11 is 7.22. The van der Waals surface area contributed by atoms with Crippen LogP contribution in [0.25, 0.3) is 10.2 Å². The highest BCUT2D eigenvalue weighted by Gasteiger charge is 2.17. The standard InChI is InChI=1S/C22H24ClN5O3S.ClH/c23-16-4-6-17(7-5-16)27-13-11-26(12-14-27)10-2-1-3-21(29)25-22-24-19-9-8-18(28(30)31)15-20(19)32-22;/h4-9,15H,1-3,10-14H2,(H,24,25,29);1H. The molecular formula is C22H25Cl2N5O3S. The monoisotopic (exact) mass is 509 g/mol. The van der Waals surface area contributed by atoms with Crippen molar-refractivity contribution < 1.29 is 9.72 Å². The number of hydrogen-bond donors (Lipinski definition) is 1. The molecule has 0 radical (unpaired) electrons. The van der Waals surface area contributed by atoms with Crippen LogP contribution in [0, 0.1) is 10.1 Å². The van der Waals surface area contributed by atoms with Gasteiger partial charge in [0, 0.05) is 55.4 Å². The first-order valence-corrected chi connectivity index (χ1v) is 11.7. The molecule has 4 rings (SSSR count). The third-order valence-corrected chi connectivity index (χ3v) is 6.71. The number of thiazole rings is 1. The number of halogens is 2. The van der Waals surface area contributed by atoms with Gasteiger partial charge in [-0.3, -0.25) is 19.8 Å². The minimum absolute atomic E-state index is 0. The molecule has 1 N–H and O–H groups in total. The van der Waals surface area contributed by atoms with Gasteiger partial charge in [0.2, 0.25) is 5.91 Å². The zero-order chi connectivity index (χ0) is 22.5. The summed E-state index contributed by atoms with van der Waals surface area (Å²) in [5.74, 6) is -0.0777. The summed E-state index contributed by atoms with van der Waals surface area (Å²) < 4.78 is 0.687. The molecule has 2 aromatic carbocycles. The van der Waals surface area contributed by atoms with Gasteiger partial charge in [0.05, 0.1) is 15.1 Å². The van der Waals surface area contributed by atoms with Crippen molar-refractivity contribution >= 4 is 68.0 Å². The molecule has 2 heterocycles. The van der Waals surface area contributed by atoms with Crippen molar-refractivity contribution in [3.05, 3.63) is 57.6 Å². The van der Waals surface area contributed by atoms with Crippen LogP contribution in [0.15, 0.2) is 42.5 Å². The van der Waals surface area contributed by atoms with Crippen molar-refractivity contribution in [2.45, 2.75) is 19.3 Å². The van der Waals surface area contributed by atoms with Crippen molar-refractivity contribution in [2.24, 2.45) is 0 Å². The van der Waals surface area contributed by atoms with Gasteiger partial charge in [-0.2, -0.15) is 0 Å². The van der Waals surface area contributed by atoms with Gasteiger partial charge >= 0.3 is 0 Å². The number of amides is 1. The van der Waals surface area contributed by atoms with Gasteiger partial charge in [0.25, 0.3) is 5.69 Å². The molecule has 11 heteroatoms. The number of nitro groups is 1. The Morgan fingerprint density at radius 1 is 1.12 bits per heavy atom. The predicted molar refractivity (Wildman–Crippen MR) is 136 cm³/mol. The Balaban J connectivity index is 0.00000306. The van der Waals surface area contributed by atoms with Crippen LogP contribution >= 0.6 is 35.3 Å². The van der Waals surface area contributed by atoms with Gasteiger partial charge in [-0.25, -0.2) is 4.98 Å². The third-order valence-electron chi connectivity index (χ3n) is 5.52. The number of nitrogens with one attached hydrogen (secondary N) is 1. The summed E-state index contributed by atoms with van der Waals surface area (Å²) in [6.07, 6.45) is 2.20. The molecule has 0 unspecified atom stereocenters. The molecule has 3 aromatic rings. The second-order valence-corrected chi connectivity index (χ2v) is 9.21. The van der Waals surface area contributed by atoms with Crippen LogP contribution in [-0.4, -0.2) is 53.4 Å². The summed E-state index contributed by atoms with van der Waals surface area (Å²) in [5, 5.41) is 14.9. The van der Waals surface area contributed by atoms with Crippen molar-refractivity contribution in [1.82, 2.24) is 9.88 Å². The van der Waals surface area contributed by atoms with Crippen molar-refractivity contribution in [3.8, 4) is 0 Å². The number of rotatable bonds is 8. The predicted octanol–water partition coefficient (Wildman–Crippen LogP) is 5.21. The van der Waals surface area contributed by atoms with Gasteiger partial charge in [0.15, 0.2) is 5.13 Å². The van der Waals surface area contributed by atoms with Gasteiger partial charge in [-0.15, -0.1) is 12.4 Å². The molecule has 1 amide bonds. The van der Waals surface area contributed by atoms with E-state index in [0.717, 1.165) is 50.6 Å². The van der Waals surface area contributed by atoms with E-state index in [4.69, 9.17) is 11.6 Å². The molecule has 1 fully saturated rings. The van der Waals surface area contributed by atoms with E-state index in [1.807, 2.05) is 12.1 Å². The summed E-state index contributed by atoms with van der Waals surface area (Å²) in [6.45, 7) is 4.96. The number of aromatic nitrogens is 1. The van der Waals surface area contributed by atoms with Crippen LogP contribution in [0.3, 0.4) is 0 Å². The van der Waals surface area contributed by atoms with E-state index in [0.29, 0.717) is 21.8 Å². The molecule has 1 aromatic heterocycles. The molecule has 1 aliphatic heterocycles. The highest BCUT2D eigenvalue weighted by atomic mass is 35.5. The molecule has 176 valence electrons. The molecule has 0 bridgehead atoms. The number of hydrogen-bond acceptors (Lipinski definition) is 7. The van der Waals surface area contributed by atoms with Crippen LogP contribution in [0.5, 0.6) is 0 Å². The van der Waals surface area contributed by atoms with Gasteiger partial charge in [-0.05, 0) is 49.7 Å². The fourth-order valence-electron chi connectivity index (χ4n) is 3.76. The van der Waals surface area contributed by atoms with Gasteiger partial charge in [-0.1, -0.05) is 22.9 Å². The molecule has 0 saturated carbocycles. The number of anilines is 2. The number of nitrogens with zero attached hydrogens (tertiary/aromatic N) is 4. The summed E-state index contributed by atoms with van der Waals surface area (Å²) in [7, 11) is 0. The second kappa shape index (κ2) is 11.6. The number of unbranched alkanes of at least 4 members (excludes halogenated alkanes) is 1. The third kappa shape index (κ3) is 6.77. The van der Waals surface area contributed by atoms with Crippen LogP contribution in [0.2, 0.25) is 5.02 Å². The first-order valence-electron chi connectivity index (χ1n) is 10.6. The van der Waals surface area contributed by atoms with Crippen molar-refractivity contribution in [2.75, 3.05) is 42.9 Å². The maximum absolute atomic E-state index is 12.3. The highest BCUT2D eigenvalue weighted by Crippen LogP contribution is 2.29. The van der Waals surface area contributed by atoms with E-state index in [2.05, 4.69) is 32.2 Å². The topological polar surface area (TPSA) is 91.6 Å². The Hall–Kier alpha value is -2.46. The van der Waals surface area contributed by atoms with Crippen LogP contribution < -0.4 is 10.2 Å². The smallest absolute Gasteiger partial charge is 0.270 e. The summed E-state index contributed by atoms with van der Waals surface area (Å²) in [5.41, 5.74) is 1.87. The quantitative estimate of drug-likeness (QED) is 0.254. The Morgan fingerprint density at radius 3 is 2.55 bits per heavy atom. The minimum atomic E-state index is -0.436. The Kier molecular flexibility index (Phi) is 8.85. The lowest BCUT2D eigenvalue weighted by Gasteiger charge is -2.36. The maximum atomic E-state index is 12.3. The average molecular weight is 510 g/mol. The van der Waals surface area contributed by atoms with E-state index in [1.54, 1.807) is 6.07 Å². The average Bonchev–Trinajstić information content (AvgIpc) is 3.19. The largest absolute Gasteiger partial charge is 0.369 e. The molecular weight excluding hydrogens is 485 g/mol. The van der Waals surface area contributed by atoms with Crippen LogP contribution in [0.4, 0.5) is 16.5 Å². The summed E-state index contributed by atoms with van der Waals surface area (Å²) in [4.78, 5) is 31.9. The van der Waals surface area contributed by atoms with E-state index in [-0.39, 0.29) is 24.0 Å². The Morgan fingerprint density at radius 2 is 1.85 bits per heavy atom. The molecule has 0 atom stereocenters. The zero-order valence-electron chi connectivity index (χ0n) is 17.9. The molecule has 0 aliphatic carbocycles. The van der Waals surface area contributed by atoms with E-state index in [1.165, 1.54) is 29.2 Å². The molecule has 1 saturated heterocycles. The highest BCUT2D eigenvalue weighted by molar-refractivity contribution is 7.22. The number of carbonyl (C=O) groups excluding carboxylic acids is 1. The maximum Gasteiger partial charge on any atom is 0.270 e. The van der Waals surface area contributed by atoms with Gasteiger partial charge in [0.1, 0.15) is 0 Å². The van der Waals surface area contributed by atoms with Crippen LogP contribution in [-0.2, 0) is 4.79 Å². The number of carbonyl (C=O) groups is 1. The minimum Gasteiger partial charge on any atom is -0.369 e. The first-order chi connectivity index (χ1) is 15.5. The fraction of sp³-hybridized carbons (Fsp3) is 0.364. The molecule has 0 spiro atoms. The summed E-state index contributed by atoms with van der Waals surface area (Å²) in [6, 6.07) is 12.5. The lowest BCUT2D eigenvalue weighted by atomic mass is 10.2. The SMILES string of the molecule is Cl.O=C(CCCCN1CCN(c2ccc(Cl)cc2)CC1)Nc1nc2ccc([N+](=O)[O-])cc2s1. The second-order valence-electron chi connectivity index (χ2n) is 7.74. The number of non-ortho nitro benzene ring substituents is 1. The van der Waals surface area contributed by atoms with E-state index in [9.17, 15) is 14.9 Å². The zero-order valence-corrected chi connectivity index (χ0v) is 20.3. The first kappa shape index (κ1) is 25.2. The number of nitro benzene ring substituents is 1. The lowest BCUT2D eigenvalue weighted by molar-refractivity contribution is -0.384. The number of fused-ring (bicyclic) bond motifs is 1. The van der Waals surface area contributed by atoms with E-state index >= 15 is 0 Å². The van der Waals surface area contributed by atoms with Gasteiger partial charge < -0.3 is 10.2 Å². The lowest BCUT2D eigenvalue weighted by Crippen LogP contribution is -2.46. The Bertz CT molecular complexity index is 1100. The number of piperazine rings is 1. The Labute approximate surface area is 207 Å². The molecule has 8 nitrogen and oxygen atoms in total.